The lowest BCUT2D eigenvalue weighted by Crippen LogP contribution is -2.28. The molecule has 2 amide bonds. The van der Waals surface area contributed by atoms with E-state index < -0.39 is 0 Å². The van der Waals surface area contributed by atoms with Crippen LogP contribution in [0, 0.1) is 0 Å². The van der Waals surface area contributed by atoms with Gasteiger partial charge in [-0.1, -0.05) is 60.1 Å². The molecule has 0 bridgehead atoms. The van der Waals surface area contributed by atoms with Gasteiger partial charge in [0.25, 0.3) is 0 Å². The van der Waals surface area contributed by atoms with Crippen LogP contribution < -0.4 is 10.6 Å². The van der Waals surface area contributed by atoms with Crippen molar-refractivity contribution < 1.29 is 4.79 Å². The molecule has 3 nitrogen and oxygen atoms in total. The summed E-state index contributed by atoms with van der Waals surface area (Å²) in [4.78, 5) is 12.1. The van der Waals surface area contributed by atoms with E-state index in [1.54, 1.807) is 0 Å². The number of nitrogens with one attached hydrogen (secondary N) is 2. The molecule has 0 aliphatic heterocycles. The molecule has 0 heterocycles. The molecule has 0 saturated heterocycles. The fourth-order valence-electron chi connectivity index (χ4n) is 2.21. The Kier molecular flexibility index (Phi) is 6.01. The topological polar surface area (TPSA) is 41.1 Å². The Morgan fingerprint density at radius 1 is 1.14 bits per heavy atom. The third-order valence-corrected chi connectivity index (χ3v) is 4.25. The van der Waals surface area contributed by atoms with Crippen molar-refractivity contribution in [3.05, 3.63) is 64.1 Å². The van der Waals surface area contributed by atoms with Gasteiger partial charge in [0.15, 0.2) is 0 Å². The zero-order valence-electron chi connectivity index (χ0n) is 12.9. The average Bonchev–Trinajstić information content (AvgIpc) is 2.54. The standard InChI is InChI=1S/C18H21BrN2O/c1-3-13(2)16-6-4-5-7-17(16)21-18(22)20-12-14-8-10-15(19)11-9-14/h4-11,13H,3,12H2,1-2H3,(H2,20,21,22). The first-order valence-electron chi connectivity index (χ1n) is 7.48. The van der Waals surface area contributed by atoms with E-state index in [1.807, 2.05) is 42.5 Å². The normalized spacial score (nSPS) is 11.8. The summed E-state index contributed by atoms with van der Waals surface area (Å²) in [6, 6.07) is 15.7. The quantitative estimate of drug-likeness (QED) is 0.747. The highest BCUT2D eigenvalue weighted by molar-refractivity contribution is 9.10. The van der Waals surface area contributed by atoms with Crippen LogP contribution in [0.4, 0.5) is 10.5 Å². The molecular weight excluding hydrogens is 340 g/mol. The van der Waals surface area contributed by atoms with Crippen LogP contribution in [-0.4, -0.2) is 6.03 Å². The molecule has 0 aliphatic rings. The van der Waals surface area contributed by atoms with Gasteiger partial charge in [-0.15, -0.1) is 0 Å². The number of halogens is 1. The van der Waals surface area contributed by atoms with E-state index in [1.165, 1.54) is 5.56 Å². The highest BCUT2D eigenvalue weighted by Crippen LogP contribution is 2.26. The van der Waals surface area contributed by atoms with E-state index in [0.29, 0.717) is 12.5 Å². The number of para-hydroxylation sites is 1. The van der Waals surface area contributed by atoms with Crippen molar-refractivity contribution in [2.75, 3.05) is 5.32 Å². The zero-order chi connectivity index (χ0) is 15.9. The Morgan fingerprint density at radius 2 is 1.82 bits per heavy atom. The summed E-state index contributed by atoms with van der Waals surface area (Å²) in [5.41, 5.74) is 3.11. The maximum atomic E-state index is 12.1. The lowest BCUT2D eigenvalue weighted by Gasteiger charge is -2.16. The first kappa shape index (κ1) is 16.6. The smallest absolute Gasteiger partial charge is 0.319 e. The Hall–Kier alpha value is -1.81. The van der Waals surface area contributed by atoms with E-state index in [9.17, 15) is 4.79 Å². The number of carbonyl (C=O) groups excluding carboxylic acids is 1. The van der Waals surface area contributed by atoms with E-state index in [-0.39, 0.29) is 6.03 Å². The lowest BCUT2D eigenvalue weighted by atomic mass is 9.97. The maximum absolute atomic E-state index is 12.1. The number of urea groups is 1. The Morgan fingerprint density at radius 3 is 2.50 bits per heavy atom. The number of carbonyl (C=O) groups is 1. The van der Waals surface area contributed by atoms with Gasteiger partial charge in [0.1, 0.15) is 0 Å². The van der Waals surface area contributed by atoms with Gasteiger partial charge in [-0.2, -0.15) is 0 Å². The number of hydrogen-bond acceptors (Lipinski definition) is 1. The van der Waals surface area contributed by atoms with Crippen molar-refractivity contribution in [1.29, 1.82) is 0 Å². The molecule has 2 N–H and O–H groups in total. The summed E-state index contributed by atoms with van der Waals surface area (Å²) in [5, 5.41) is 5.83. The van der Waals surface area contributed by atoms with E-state index in [4.69, 9.17) is 0 Å². The lowest BCUT2D eigenvalue weighted by molar-refractivity contribution is 0.251. The maximum Gasteiger partial charge on any atom is 0.319 e. The minimum Gasteiger partial charge on any atom is -0.334 e. The van der Waals surface area contributed by atoms with Crippen LogP contribution in [-0.2, 0) is 6.54 Å². The molecule has 0 saturated carbocycles. The highest BCUT2D eigenvalue weighted by Gasteiger charge is 2.10. The van der Waals surface area contributed by atoms with Crippen LogP contribution in [0.3, 0.4) is 0 Å². The number of hydrogen-bond donors (Lipinski definition) is 2. The van der Waals surface area contributed by atoms with Crippen LogP contribution in [0.2, 0.25) is 0 Å². The second-order valence-electron chi connectivity index (χ2n) is 5.33. The molecule has 2 aromatic carbocycles. The van der Waals surface area contributed by atoms with Crippen molar-refractivity contribution in [1.82, 2.24) is 5.32 Å². The second-order valence-corrected chi connectivity index (χ2v) is 6.25. The summed E-state index contributed by atoms with van der Waals surface area (Å²) >= 11 is 3.40. The third kappa shape index (κ3) is 4.60. The molecule has 116 valence electrons. The van der Waals surface area contributed by atoms with Gasteiger partial charge in [0.2, 0.25) is 0 Å². The highest BCUT2D eigenvalue weighted by atomic mass is 79.9. The van der Waals surface area contributed by atoms with Crippen molar-refractivity contribution in [3.63, 3.8) is 0 Å². The molecule has 0 aromatic heterocycles. The number of amides is 2. The Bertz CT molecular complexity index is 625. The predicted molar refractivity (Wildman–Crippen MR) is 95.1 cm³/mol. The van der Waals surface area contributed by atoms with Crippen molar-refractivity contribution in [3.8, 4) is 0 Å². The number of anilines is 1. The van der Waals surface area contributed by atoms with Crippen LogP contribution >= 0.6 is 15.9 Å². The van der Waals surface area contributed by atoms with Crippen molar-refractivity contribution >= 4 is 27.6 Å². The fourth-order valence-corrected chi connectivity index (χ4v) is 2.48. The van der Waals surface area contributed by atoms with Gasteiger partial charge in [-0.25, -0.2) is 4.79 Å². The minimum atomic E-state index is -0.182. The molecule has 1 unspecified atom stereocenters. The van der Waals surface area contributed by atoms with Crippen LogP contribution in [0.15, 0.2) is 53.0 Å². The molecule has 0 aliphatic carbocycles. The van der Waals surface area contributed by atoms with Crippen LogP contribution in [0.1, 0.15) is 37.3 Å². The Labute approximate surface area is 140 Å². The molecule has 0 fully saturated rings. The molecule has 4 heteroatoms. The second kappa shape index (κ2) is 7.99. The van der Waals surface area contributed by atoms with Crippen LogP contribution in [0.25, 0.3) is 0 Å². The summed E-state index contributed by atoms with van der Waals surface area (Å²) < 4.78 is 1.03. The molecular formula is C18H21BrN2O. The Balaban J connectivity index is 1.96. The SMILES string of the molecule is CCC(C)c1ccccc1NC(=O)NCc1ccc(Br)cc1. The van der Waals surface area contributed by atoms with Crippen LogP contribution in [0.5, 0.6) is 0 Å². The van der Waals surface area contributed by atoms with Gasteiger partial charge in [0.05, 0.1) is 0 Å². The van der Waals surface area contributed by atoms with Gasteiger partial charge in [0, 0.05) is 16.7 Å². The summed E-state index contributed by atoms with van der Waals surface area (Å²) in [6.07, 6.45) is 1.04. The monoisotopic (exact) mass is 360 g/mol. The predicted octanol–water partition coefficient (Wildman–Crippen LogP) is 5.28. The number of benzene rings is 2. The van der Waals surface area contributed by atoms with Gasteiger partial charge in [-0.3, -0.25) is 0 Å². The average molecular weight is 361 g/mol. The molecule has 1 atom stereocenters. The summed E-state index contributed by atoms with van der Waals surface area (Å²) in [6.45, 7) is 4.82. The first-order valence-corrected chi connectivity index (χ1v) is 8.27. The van der Waals surface area contributed by atoms with E-state index in [2.05, 4.69) is 46.5 Å². The van der Waals surface area contributed by atoms with Gasteiger partial charge < -0.3 is 10.6 Å². The largest absolute Gasteiger partial charge is 0.334 e. The minimum absolute atomic E-state index is 0.182. The number of rotatable bonds is 5. The van der Waals surface area contributed by atoms with Crippen molar-refractivity contribution in [2.45, 2.75) is 32.7 Å². The summed E-state index contributed by atoms with van der Waals surface area (Å²) in [5.74, 6) is 0.419. The first-order chi connectivity index (χ1) is 10.6. The van der Waals surface area contributed by atoms with E-state index in [0.717, 1.165) is 22.1 Å². The molecule has 22 heavy (non-hydrogen) atoms. The van der Waals surface area contributed by atoms with Crippen molar-refractivity contribution in [2.24, 2.45) is 0 Å². The molecule has 2 aromatic rings. The van der Waals surface area contributed by atoms with E-state index >= 15 is 0 Å². The molecule has 0 radical (unpaired) electrons. The van der Waals surface area contributed by atoms with Gasteiger partial charge >= 0.3 is 6.03 Å². The zero-order valence-corrected chi connectivity index (χ0v) is 14.5. The molecule has 2 rings (SSSR count). The van der Waals surface area contributed by atoms with Gasteiger partial charge in [-0.05, 0) is 41.7 Å². The third-order valence-electron chi connectivity index (χ3n) is 3.72. The summed E-state index contributed by atoms with van der Waals surface area (Å²) in [7, 11) is 0. The molecule has 0 spiro atoms. The fraction of sp³-hybridized carbons (Fsp3) is 0.278.